The predicted octanol–water partition coefficient (Wildman–Crippen LogP) is 9.90. The van der Waals surface area contributed by atoms with Gasteiger partial charge in [-0.15, -0.1) is 0 Å². The van der Waals surface area contributed by atoms with Crippen molar-refractivity contribution in [2.24, 2.45) is 0 Å². The van der Waals surface area contributed by atoms with E-state index in [4.69, 9.17) is 11.6 Å². The zero-order valence-corrected chi connectivity index (χ0v) is 20.1. The van der Waals surface area contributed by atoms with Crippen LogP contribution in [0.4, 0.5) is 0 Å². The summed E-state index contributed by atoms with van der Waals surface area (Å²) in [5, 5.41) is 5.98. The molecule has 0 spiro atoms. The molecule has 0 atom stereocenters. The molecule has 36 heavy (non-hydrogen) atoms. The Labute approximate surface area is 213 Å². The van der Waals surface area contributed by atoms with Gasteiger partial charge in [-0.05, 0) is 75.0 Å². The van der Waals surface area contributed by atoms with Crippen LogP contribution in [0.2, 0.25) is 5.02 Å². The average molecular weight is 478 g/mol. The maximum Gasteiger partial charge on any atom is 0.0548 e. The van der Waals surface area contributed by atoms with Crippen LogP contribution in [0, 0.1) is 0 Å². The fraction of sp³-hybridized carbons (Fsp3) is 0. The fourth-order valence-corrected chi connectivity index (χ4v) is 6.26. The van der Waals surface area contributed by atoms with Crippen LogP contribution >= 0.6 is 11.6 Å². The SMILES string of the molecule is Clc1ccc(-c2ccc3c4c2-c2ccccc2-c2cccc5ccc(c4c25)n3-c2ccccc2)cc1. The van der Waals surface area contributed by atoms with E-state index in [0.29, 0.717) is 0 Å². The van der Waals surface area contributed by atoms with Gasteiger partial charge in [0.1, 0.15) is 0 Å². The number of nitrogens with zero attached hydrogens (tertiary/aromatic N) is 1. The van der Waals surface area contributed by atoms with Crippen molar-refractivity contribution in [2.45, 2.75) is 0 Å². The van der Waals surface area contributed by atoms with Crippen molar-refractivity contribution in [1.82, 2.24) is 4.57 Å². The van der Waals surface area contributed by atoms with Crippen molar-refractivity contribution in [3.05, 3.63) is 126 Å². The van der Waals surface area contributed by atoms with Crippen LogP contribution in [0.3, 0.4) is 0 Å². The zero-order chi connectivity index (χ0) is 23.8. The summed E-state index contributed by atoms with van der Waals surface area (Å²) in [7, 11) is 0. The normalized spacial score (nSPS) is 12.0. The van der Waals surface area contributed by atoms with Gasteiger partial charge in [-0.25, -0.2) is 0 Å². The third kappa shape index (κ3) is 2.61. The summed E-state index contributed by atoms with van der Waals surface area (Å²) in [5.41, 5.74) is 11.2. The molecule has 2 heteroatoms. The van der Waals surface area contributed by atoms with E-state index in [1.807, 2.05) is 12.1 Å². The number of rotatable bonds is 2. The summed E-state index contributed by atoms with van der Waals surface area (Å²) in [4.78, 5) is 0. The van der Waals surface area contributed by atoms with Gasteiger partial charge in [-0.1, -0.05) is 96.5 Å². The van der Waals surface area contributed by atoms with E-state index in [1.165, 1.54) is 71.6 Å². The molecule has 6 aromatic carbocycles. The molecule has 1 heterocycles. The summed E-state index contributed by atoms with van der Waals surface area (Å²) in [6.45, 7) is 0. The van der Waals surface area contributed by atoms with Crippen molar-refractivity contribution in [1.29, 1.82) is 0 Å². The van der Waals surface area contributed by atoms with Crippen molar-refractivity contribution in [3.63, 3.8) is 0 Å². The third-order valence-electron chi connectivity index (χ3n) is 7.59. The molecule has 8 rings (SSSR count). The lowest BCUT2D eigenvalue weighted by Crippen LogP contribution is -1.95. The molecule has 0 unspecified atom stereocenters. The molecule has 0 N–H and O–H groups in total. The molecule has 0 saturated carbocycles. The summed E-state index contributed by atoms with van der Waals surface area (Å²) >= 11 is 6.28. The van der Waals surface area contributed by atoms with Gasteiger partial charge < -0.3 is 4.57 Å². The largest absolute Gasteiger partial charge is 0.309 e. The summed E-state index contributed by atoms with van der Waals surface area (Å²) in [6, 6.07) is 43.6. The topological polar surface area (TPSA) is 4.93 Å². The zero-order valence-electron chi connectivity index (χ0n) is 19.4. The molecular weight excluding hydrogens is 458 g/mol. The first-order valence-corrected chi connectivity index (χ1v) is 12.6. The van der Waals surface area contributed by atoms with E-state index < -0.39 is 0 Å². The van der Waals surface area contributed by atoms with Gasteiger partial charge in [0.05, 0.1) is 11.0 Å². The molecule has 0 fully saturated rings. The van der Waals surface area contributed by atoms with Gasteiger partial charge >= 0.3 is 0 Å². The van der Waals surface area contributed by atoms with Crippen LogP contribution in [-0.4, -0.2) is 4.57 Å². The third-order valence-corrected chi connectivity index (χ3v) is 7.85. The van der Waals surface area contributed by atoms with Gasteiger partial charge in [0.2, 0.25) is 0 Å². The van der Waals surface area contributed by atoms with Crippen molar-refractivity contribution >= 4 is 44.2 Å². The summed E-state index contributed by atoms with van der Waals surface area (Å²) in [5.74, 6) is 0. The van der Waals surface area contributed by atoms with Crippen molar-refractivity contribution in [3.8, 4) is 39.1 Å². The Morgan fingerprint density at radius 1 is 0.444 bits per heavy atom. The molecule has 1 aromatic heterocycles. The van der Waals surface area contributed by atoms with Gasteiger partial charge in [-0.3, -0.25) is 0 Å². The van der Waals surface area contributed by atoms with E-state index in [2.05, 4.69) is 114 Å². The summed E-state index contributed by atoms with van der Waals surface area (Å²) < 4.78 is 2.42. The van der Waals surface area contributed by atoms with E-state index in [0.717, 1.165) is 5.02 Å². The molecule has 1 aliphatic carbocycles. The van der Waals surface area contributed by atoms with Gasteiger partial charge in [0.25, 0.3) is 0 Å². The predicted molar refractivity (Wildman–Crippen MR) is 153 cm³/mol. The second-order valence-corrected chi connectivity index (χ2v) is 9.91. The van der Waals surface area contributed by atoms with E-state index >= 15 is 0 Å². The Kier molecular flexibility index (Phi) is 4.06. The van der Waals surface area contributed by atoms with Gasteiger partial charge in [0.15, 0.2) is 0 Å². The lowest BCUT2D eigenvalue weighted by atomic mass is 9.88. The van der Waals surface area contributed by atoms with Crippen LogP contribution in [0.15, 0.2) is 121 Å². The lowest BCUT2D eigenvalue weighted by molar-refractivity contribution is 1.18. The Hall–Kier alpha value is -4.33. The molecule has 7 aromatic rings. The molecule has 0 bridgehead atoms. The monoisotopic (exact) mass is 477 g/mol. The van der Waals surface area contributed by atoms with Crippen LogP contribution < -0.4 is 0 Å². The lowest BCUT2D eigenvalue weighted by Gasteiger charge is -2.16. The van der Waals surface area contributed by atoms with E-state index in [9.17, 15) is 0 Å². The Bertz CT molecular complexity index is 1980. The van der Waals surface area contributed by atoms with Gasteiger partial charge in [-0.2, -0.15) is 0 Å². The number of halogens is 1. The highest BCUT2D eigenvalue weighted by Gasteiger charge is 2.26. The number of para-hydroxylation sites is 1. The van der Waals surface area contributed by atoms with Crippen molar-refractivity contribution in [2.75, 3.05) is 0 Å². The van der Waals surface area contributed by atoms with Crippen LogP contribution in [0.25, 0.3) is 71.6 Å². The molecule has 168 valence electrons. The number of fused-ring (bicyclic) bond motifs is 3. The Morgan fingerprint density at radius 2 is 1.14 bits per heavy atom. The van der Waals surface area contributed by atoms with Crippen LogP contribution in [0.1, 0.15) is 0 Å². The molecule has 0 amide bonds. The first-order valence-electron chi connectivity index (χ1n) is 12.2. The smallest absolute Gasteiger partial charge is 0.0548 e. The minimum Gasteiger partial charge on any atom is -0.309 e. The maximum absolute atomic E-state index is 6.28. The summed E-state index contributed by atoms with van der Waals surface area (Å²) in [6.07, 6.45) is 0. The Balaban J connectivity index is 1.67. The van der Waals surface area contributed by atoms with E-state index in [-0.39, 0.29) is 0 Å². The highest BCUT2D eigenvalue weighted by Crippen LogP contribution is 2.52. The standard InChI is InChI=1S/C34H20ClN/c35-23-16-13-21(14-17-23)25-18-20-30-34-32(25)28-11-5-4-10-26(28)27-12-6-7-22-15-19-29(33(34)31(22)27)36(30)24-8-2-1-3-9-24/h1-20H. The first kappa shape index (κ1) is 19.9. The molecule has 0 aliphatic heterocycles. The average Bonchev–Trinajstić information content (AvgIpc) is 3.21. The first-order chi connectivity index (χ1) is 17.8. The number of hydrogen-bond acceptors (Lipinski definition) is 0. The van der Waals surface area contributed by atoms with E-state index in [1.54, 1.807) is 0 Å². The van der Waals surface area contributed by atoms with Gasteiger partial charge in [0, 0.05) is 27.0 Å². The minimum absolute atomic E-state index is 0.751. The fourth-order valence-electron chi connectivity index (χ4n) is 6.13. The highest BCUT2D eigenvalue weighted by atomic mass is 35.5. The molecule has 0 saturated heterocycles. The minimum atomic E-state index is 0.751. The molecule has 1 nitrogen and oxygen atoms in total. The number of aromatic nitrogens is 1. The second kappa shape index (κ2) is 7.34. The number of benzene rings is 6. The highest BCUT2D eigenvalue weighted by molar-refractivity contribution is 6.32. The quantitative estimate of drug-likeness (QED) is 0.233. The number of hydrogen-bond donors (Lipinski definition) is 0. The molecule has 1 aliphatic rings. The maximum atomic E-state index is 6.28. The Morgan fingerprint density at radius 3 is 1.97 bits per heavy atom. The molecular formula is C34H20ClN. The van der Waals surface area contributed by atoms with Crippen molar-refractivity contribution < 1.29 is 0 Å². The van der Waals surface area contributed by atoms with Crippen LogP contribution in [-0.2, 0) is 0 Å². The molecule has 0 radical (unpaired) electrons. The second-order valence-electron chi connectivity index (χ2n) is 9.47. The van der Waals surface area contributed by atoms with Crippen LogP contribution in [0.5, 0.6) is 0 Å².